The van der Waals surface area contributed by atoms with Crippen LogP contribution in [-0.4, -0.2) is 151 Å². The number of rotatable bonds is 13. The molecular weight excluding hydrogens is 703 g/mol. The molecule has 3 aliphatic rings. The van der Waals surface area contributed by atoms with Gasteiger partial charge in [-0.25, -0.2) is 0 Å². The Balaban J connectivity index is 0. The first-order chi connectivity index (χ1) is 23.9. The van der Waals surface area contributed by atoms with Gasteiger partial charge < -0.3 is 74.3 Å². The molecule has 1 saturated carbocycles. The van der Waals surface area contributed by atoms with E-state index in [-0.39, 0.29) is 30.7 Å². The molecule has 2 heterocycles. The van der Waals surface area contributed by atoms with Crippen LogP contribution in [0.25, 0.3) is 0 Å². The maximum absolute atomic E-state index is 10.2. The van der Waals surface area contributed by atoms with E-state index >= 15 is 0 Å². The van der Waals surface area contributed by atoms with Crippen LogP contribution in [0.2, 0.25) is 0 Å². The van der Waals surface area contributed by atoms with E-state index in [1.165, 1.54) is 0 Å². The van der Waals surface area contributed by atoms with E-state index in [0.29, 0.717) is 25.0 Å². The van der Waals surface area contributed by atoms with E-state index in [1.54, 1.807) is 13.8 Å². The molecule has 0 aromatic carbocycles. The summed E-state index contributed by atoms with van der Waals surface area (Å²) < 4.78 is 27.6. The van der Waals surface area contributed by atoms with Crippen molar-refractivity contribution in [3.05, 3.63) is 0 Å². The Bertz CT molecular complexity index is 921. The Hall–Kier alpha value is -0.170. The molecule has 0 aromatic rings. The van der Waals surface area contributed by atoms with Crippen LogP contribution in [0.15, 0.2) is 0 Å². The smallest absolute Gasteiger partial charge is 0.186 e. The highest BCUT2D eigenvalue weighted by atomic mass is 31.1. The molecular formula is C36H77O15P. The van der Waals surface area contributed by atoms with E-state index in [4.69, 9.17) is 33.5 Å². The molecule has 2 saturated heterocycles. The zero-order valence-corrected chi connectivity index (χ0v) is 35.2. The second-order valence-electron chi connectivity index (χ2n) is 15.8. The van der Waals surface area contributed by atoms with E-state index in [9.17, 15) is 40.9 Å². The lowest BCUT2D eigenvalue weighted by Crippen LogP contribution is -2.60. The van der Waals surface area contributed by atoms with Gasteiger partial charge in [0.1, 0.15) is 57.9 Å². The fraction of sp³-hybridized carbons (Fsp3) is 1.00. The van der Waals surface area contributed by atoms with Crippen molar-refractivity contribution >= 4 is 9.03 Å². The third-order valence-corrected chi connectivity index (χ3v) is 10.5. The Morgan fingerprint density at radius 1 is 0.712 bits per heavy atom. The van der Waals surface area contributed by atoms with Gasteiger partial charge in [0.2, 0.25) is 0 Å². The van der Waals surface area contributed by atoms with Gasteiger partial charge in [-0.2, -0.15) is 0 Å². The first-order valence-corrected chi connectivity index (χ1v) is 19.4. The topological polar surface area (TPSA) is 248 Å². The lowest BCUT2D eigenvalue weighted by atomic mass is 9.78. The Labute approximate surface area is 314 Å². The summed E-state index contributed by atoms with van der Waals surface area (Å²) in [5, 5.41) is 78.7. The first kappa shape index (κ1) is 53.9. The van der Waals surface area contributed by atoms with Gasteiger partial charge in [-0.3, -0.25) is 0 Å². The molecule has 10 N–H and O–H groups in total. The van der Waals surface area contributed by atoms with Crippen LogP contribution in [-0.2, 0) is 23.7 Å². The summed E-state index contributed by atoms with van der Waals surface area (Å²) in [7, 11) is -0.917. The van der Waals surface area contributed by atoms with Crippen molar-refractivity contribution in [2.45, 2.75) is 170 Å². The lowest BCUT2D eigenvalue weighted by molar-refractivity contribution is -0.311. The van der Waals surface area contributed by atoms with Crippen molar-refractivity contribution in [2.75, 3.05) is 33.0 Å². The van der Waals surface area contributed by atoms with Crippen molar-refractivity contribution in [3.63, 3.8) is 0 Å². The minimum atomic E-state index is -1.49. The maximum Gasteiger partial charge on any atom is 0.186 e. The van der Waals surface area contributed by atoms with Crippen LogP contribution in [0.5, 0.6) is 0 Å². The quantitative estimate of drug-likeness (QED) is 0.120. The van der Waals surface area contributed by atoms with Gasteiger partial charge in [0.05, 0.1) is 38.6 Å². The molecule has 16 heteroatoms. The summed E-state index contributed by atoms with van der Waals surface area (Å²) in [6, 6.07) is 0. The van der Waals surface area contributed by atoms with Crippen molar-refractivity contribution in [2.24, 2.45) is 28.1 Å². The summed E-state index contributed by atoms with van der Waals surface area (Å²) in [4.78, 5) is 14.3. The molecule has 12 unspecified atom stereocenters. The standard InChI is InChI=1S/C20H40O7.C12H22O6.2C2H6.H3O2P/c1-12(2)18(3,4)10-25-9-13-14(21)15(22)16(23)17(27-13)26-11-19(5,6)20(7,8)24;1-6-3-12(6,2)5-17-4-7-8(13)9(14)10(15)11(16)18-7;2*1-2;1-3-2/h12-17,21-24H,9-11H2,1-8H3;6-11,13-16H,3-5H2,1-2H3;2*1-2H3;1-3H. The SMILES string of the molecule is CC.CC.CC(C)C(C)(C)COCC1OC(OCC(C)(C)C(C)(C)O)C(O)C(O)C1O.CC1CC1(C)COCC1OC(O)C(O)C(O)C1O.OPO. The summed E-state index contributed by atoms with van der Waals surface area (Å²) in [5.41, 5.74) is -1.46. The molecule has 0 aromatic heterocycles. The van der Waals surface area contributed by atoms with E-state index in [1.807, 2.05) is 41.5 Å². The number of hydrogen-bond acceptors (Lipinski definition) is 15. The molecule has 0 bridgehead atoms. The molecule has 12 atom stereocenters. The summed E-state index contributed by atoms with van der Waals surface area (Å²) >= 11 is 0. The van der Waals surface area contributed by atoms with Gasteiger partial charge in [0, 0.05) is 5.41 Å². The molecule has 1 aliphatic carbocycles. The zero-order valence-electron chi connectivity index (χ0n) is 34.2. The van der Waals surface area contributed by atoms with Gasteiger partial charge in [-0.1, -0.05) is 83.1 Å². The largest absolute Gasteiger partial charge is 0.390 e. The molecule has 3 fully saturated rings. The van der Waals surface area contributed by atoms with Crippen LogP contribution in [0.3, 0.4) is 0 Å². The van der Waals surface area contributed by atoms with Gasteiger partial charge in [-0.05, 0) is 42.9 Å². The van der Waals surface area contributed by atoms with E-state index < -0.39 is 81.5 Å². The van der Waals surface area contributed by atoms with Gasteiger partial charge >= 0.3 is 0 Å². The Morgan fingerprint density at radius 2 is 1.13 bits per heavy atom. The number of aliphatic hydroxyl groups excluding tert-OH is 7. The van der Waals surface area contributed by atoms with Crippen molar-refractivity contribution in [1.29, 1.82) is 0 Å². The lowest BCUT2D eigenvalue weighted by Gasteiger charge is -2.43. The molecule has 0 spiro atoms. The third-order valence-electron chi connectivity index (χ3n) is 10.5. The summed E-state index contributed by atoms with van der Waals surface area (Å²) in [6.45, 7) is 29.1. The average molecular weight is 781 g/mol. The molecule has 0 amide bonds. The number of ether oxygens (including phenoxy) is 5. The van der Waals surface area contributed by atoms with Gasteiger partial charge in [0.25, 0.3) is 0 Å². The molecule has 15 nitrogen and oxygen atoms in total. The van der Waals surface area contributed by atoms with Crippen LogP contribution in [0.4, 0.5) is 0 Å². The Morgan fingerprint density at radius 3 is 1.56 bits per heavy atom. The fourth-order valence-corrected chi connectivity index (χ4v) is 4.58. The minimum absolute atomic E-state index is 0.0373. The Kier molecular flexibility index (Phi) is 25.4. The summed E-state index contributed by atoms with van der Waals surface area (Å²) in [6.07, 6.45) is -11.4. The summed E-state index contributed by atoms with van der Waals surface area (Å²) in [5.74, 6) is 1.05. The zero-order chi connectivity index (χ0) is 41.4. The molecule has 0 radical (unpaired) electrons. The highest BCUT2D eigenvalue weighted by Gasteiger charge is 2.48. The van der Waals surface area contributed by atoms with E-state index in [2.05, 4.69) is 41.5 Å². The van der Waals surface area contributed by atoms with Gasteiger partial charge in [-0.15, -0.1) is 0 Å². The minimum Gasteiger partial charge on any atom is -0.390 e. The highest BCUT2D eigenvalue weighted by Crippen LogP contribution is 2.51. The number of aliphatic hydroxyl groups is 8. The second kappa shape index (κ2) is 24.5. The predicted molar refractivity (Wildman–Crippen MR) is 199 cm³/mol. The molecule has 2 aliphatic heterocycles. The van der Waals surface area contributed by atoms with Crippen LogP contribution in [0, 0.1) is 28.1 Å². The predicted octanol–water partition coefficient (Wildman–Crippen LogP) is 1.69. The van der Waals surface area contributed by atoms with Crippen LogP contribution in [0.1, 0.15) is 103 Å². The fourth-order valence-electron chi connectivity index (χ4n) is 4.58. The van der Waals surface area contributed by atoms with Crippen molar-refractivity contribution < 1.29 is 74.3 Å². The highest BCUT2D eigenvalue weighted by molar-refractivity contribution is 7.23. The maximum atomic E-state index is 10.2. The molecule has 316 valence electrons. The molecule has 52 heavy (non-hydrogen) atoms. The monoisotopic (exact) mass is 781 g/mol. The van der Waals surface area contributed by atoms with Gasteiger partial charge in [0.15, 0.2) is 12.6 Å². The average Bonchev–Trinajstić information content (AvgIpc) is 3.68. The normalized spacial score (nSPS) is 34.7. The van der Waals surface area contributed by atoms with Crippen LogP contribution >= 0.6 is 9.03 Å². The van der Waals surface area contributed by atoms with E-state index in [0.717, 1.165) is 6.42 Å². The first-order valence-electron chi connectivity index (χ1n) is 18.5. The second-order valence-corrected chi connectivity index (χ2v) is 16.0. The molecule has 3 rings (SSSR count). The van der Waals surface area contributed by atoms with Crippen molar-refractivity contribution in [3.8, 4) is 0 Å². The van der Waals surface area contributed by atoms with Crippen LogP contribution < -0.4 is 0 Å². The number of hydrogen-bond donors (Lipinski definition) is 10. The van der Waals surface area contributed by atoms with Crippen molar-refractivity contribution in [1.82, 2.24) is 0 Å². The third kappa shape index (κ3) is 16.9.